The maximum Gasteiger partial charge on any atom is 0.312 e. The van der Waals surface area contributed by atoms with E-state index in [0.29, 0.717) is 11.8 Å². The van der Waals surface area contributed by atoms with Crippen molar-refractivity contribution in [3.63, 3.8) is 0 Å². The molecule has 0 spiro atoms. The van der Waals surface area contributed by atoms with Gasteiger partial charge in [0.25, 0.3) is 5.91 Å². The van der Waals surface area contributed by atoms with Crippen molar-refractivity contribution in [2.75, 3.05) is 26.9 Å². The van der Waals surface area contributed by atoms with Crippen LogP contribution in [-0.4, -0.2) is 83.1 Å². The summed E-state index contributed by atoms with van der Waals surface area (Å²) in [5, 5.41) is 12.7. The summed E-state index contributed by atoms with van der Waals surface area (Å²) in [6, 6.07) is 3.54. The van der Waals surface area contributed by atoms with Crippen molar-refractivity contribution < 1.29 is 36.7 Å². The first-order valence-electron chi connectivity index (χ1n) is 10.5. The van der Waals surface area contributed by atoms with Crippen LogP contribution in [0, 0.1) is 5.82 Å². The summed E-state index contributed by atoms with van der Waals surface area (Å²) >= 11 is 0. The van der Waals surface area contributed by atoms with Gasteiger partial charge in [0.1, 0.15) is 12.0 Å². The highest BCUT2D eigenvalue weighted by atomic mass is 32.2. The zero-order valence-corrected chi connectivity index (χ0v) is 20.3. The molecule has 194 valence electrons. The largest absolute Gasteiger partial charge is 0.501 e. The third kappa shape index (κ3) is 5.35. The summed E-state index contributed by atoms with van der Waals surface area (Å²) in [5.74, 6) is -5.81. The van der Waals surface area contributed by atoms with Crippen LogP contribution in [0.5, 0.6) is 5.75 Å². The Hall–Kier alpha value is -3.88. The normalized spacial score (nSPS) is 17.6. The number of aromatic nitrogens is 2. The minimum Gasteiger partial charge on any atom is -0.501 e. The van der Waals surface area contributed by atoms with Gasteiger partial charge in [-0.25, -0.2) is 22.2 Å². The molecule has 2 N–H and O–H groups in total. The van der Waals surface area contributed by atoms with Gasteiger partial charge in [-0.05, 0) is 17.7 Å². The van der Waals surface area contributed by atoms with Crippen LogP contribution < -0.4 is 10.9 Å². The van der Waals surface area contributed by atoms with E-state index in [9.17, 15) is 41.5 Å². The number of alkyl halides is 1. The van der Waals surface area contributed by atoms with Gasteiger partial charge in [0.05, 0.1) is 18.8 Å². The van der Waals surface area contributed by atoms with E-state index in [-0.39, 0.29) is 10.5 Å². The molecule has 2 heterocycles. The minimum atomic E-state index is -4.47. The molecule has 1 saturated heterocycles. The number of aromatic hydroxyl groups is 1. The van der Waals surface area contributed by atoms with E-state index in [1.807, 2.05) is 0 Å². The number of nitrogens with zero attached hydrogens (tertiary/aromatic N) is 4. The molecule has 0 saturated carbocycles. The molecule has 2 atom stereocenters. The number of hydrogen-bond acceptors (Lipinski definition) is 8. The van der Waals surface area contributed by atoms with E-state index < -0.39 is 81.6 Å². The third-order valence-electron chi connectivity index (χ3n) is 5.36. The second-order valence-electron chi connectivity index (χ2n) is 8.31. The fourth-order valence-corrected chi connectivity index (χ4v) is 4.53. The summed E-state index contributed by atoms with van der Waals surface area (Å²) in [5.41, 5.74) is -1.95. The molecular formula is C21H23F2N5O7S. The lowest BCUT2D eigenvalue weighted by Gasteiger charge is -2.26. The number of halogens is 2. The third-order valence-corrected chi connectivity index (χ3v) is 6.37. The number of likely N-dealkylation sites (tertiary alicyclic amines) is 1. The number of carbonyl (C=O) groups excluding carboxylic acids is 3. The van der Waals surface area contributed by atoms with Gasteiger partial charge in [-0.3, -0.25) is 19.2 Å². The highest BCUT2D eigenvalue weighted by molar-refractivity contribution is 7.89. The summed E-state index contributed by atoms with van der Waals surface area (Å²) in [6.45, 7) is -0.752. The van der Waals surface area contributed by atoms with Crippen LogP contribution >= 0.6 is 0 Å². The number of nitrogens with one attached hydrogen (secondary N) is 1. The molecule has 1 aliphatic rings. The molecule has 2 aromatic rings. The van der Waals surface area contributed by atoms with Crippen LogP contribution in [0.25, 0.3) is 0 Å². The Labute approximate surface area is 204 Å². The fraction of sp³-hybridized carbons (Fsp3) is 0.381. The van der Waals surface area contributed by atoms with Gasteiger partial charge >= 0.3 is 17.4 Å². The summed E-state index contributed by atoms with van der Waals surface area (Å²) in [7, 11) is -1.90. The zero-order valence-electron chi connectivity index (χ0n) is 19.4. The Balaban J connectivity index is 2.09. The number of amides is 3. The monoisotopic (exact) mass is 527 g/mol. The first-order chi connectivity index (χ1) is 16.7. The molecule has 0 aliphatic carbocycles. The van der Waals surface area contributed by atoms with Gasteiger partial charge < -0.3 is 20.2 Å². The highest BCUT2D eigenvalue weighted by Crippen LogP contribution is 2.33. The molecule has 0 radical (unpaired) electrons. The van der Waals surface area contributed by atoms with Crippen molar-refractivity contribution in [3.8, 4) is 5.75 Å². The molecule has 3 rings (SSSR count). The number of rotatable bonds is 5. The van der Waals surface area contributed by atoms with Crippen LogP contribution in [-0.2, 0) is 26.2 Å². The van der Waals surface area contributed by atoms with Crippen molar-refractivity contribution in [2.45, 2.75) is 25.2 Å². The average molecular weight is 528 g/mol. The summed E-state index contributed by atoms with van der Waals surface area (Å²) in [6.07, 6.45) is -1.59. The van der Waals surface area contributed by atoms with Gasteiger partial charge in [0, 0.05) is 27.1 Å². The SMILES string of the molecule is CN(C)C(=O)C(=O)N1C[C@@H](F)C[C@H]1c1nc(C(=O)NCc2ccc(F)cc2)c(O)c(=O)n1S(C)(=O)=O. The fourth-order valence-electron chi connectivity index (χ4n) is 3.64. The summed E-state index contributed by atoms with van der Waals surface area (Å²) in [4.78, 5) is 56.0. The molecular weight excluding hydrogens is 504 g/mol. The van der Waals surface area contributed by atoms with Crippen LogP contribution in [0.2, 0.25) is 0 Å². The smallest absolute Gasteiger partial charge is 0.312 e. The number of hydrogen-bond donors (Lipinski definition) is 2. The lowest BCUT2D eigenvalue weighted by Crippen LogP contribution is -2.44. The molecule has 1 aliphatic heterocycles. The molecule has 1 aromatic heterocycles. The lowest BCUT2D eigenvalue weighted by molar-refractivity contribution is -0.151. The van der Waals surface area contributed by atoms with Gasteiger partial charge in [-0.15, -0.1) is 0 Å². The molecule has 0 unspecified atom stereocenters. The number of benzene rings is 1. The van der Waals surface area contributed by atoms with E-state index in [4.69, 9.17) is 0 Å². The van der Waals surface area contributed by atoms with Crippen LogP contribution in [0.4, 0.5) is 8.78 Å². The van der Waals surface area contributed by atoms with Gasteiger partial charge in [0.2, 0.25) is 15.8 Å². The zero-order chi connectivity index (χ0) is 26.9. The Morgan fingerprint density at radius 1 is 1.22 bits per heavy atom. The van der Waals surface area contributed by atoms with Crippen LogP contribution in [0.3, 0.4) is 0 Å². The first-order valence-corrected chi connectivity index (χ1v) is 12.3. The van der Waals surface area contributed by atoms with E-state index in [1.54, 1.807) is 0 Å². The predicted molar refractivity (Wildman–Crippen MR) is 121 cm³/mol. The van der Waals surface area contributed by atoms with Crippen molar-refractivity contribution in [1.29, 1.82) is 0 Å². The Bertz CT molecular complexity index is 1380. The molecule has 12 nitrogen and oxygen atoms in total. The first kappa shape index (κ1) is 26.7. The second-order valence-corrected chi connectivity index (χ2v) is 10.1. The Morgan fingerprint density at radius 2 is 1.83 bits per heavy atom. The minimum absolute atomic E-state index is 0.0716. The van der Waals surface area contributed by atoms with Crippen molar-refractivity contribution in [2.24, 2.45) is 0 Å². The Morgan fingerprint density at radius 3 is 2.39 bits per heavy atom. The summed E-state index contributed by atoms with van der Waals surface area (Å²) < 4.78 is 52.4. The quantitative estimate of drug-likeness (QED) is 0.494. The number of carbonyl (C=O) groups is 3. The van der Waals surface area contributed by atoms with Gasteiger partial charge in [-0.2, -0.15) is 3.97 Å². The van der Waals surface area contributed by atoms with Crippen molar-refractivity contribution in [3.05, 3.63) is 57.5 Å². The standard InChI is InChI=1S/C21H23F2N5O7S/c1-26(2)20(32)21(33)27-10-13(23)8-14(27)17-25-15(16(29)19(31)28(17)36(3,34)35)18(30)24-9-11-4-6-12(22)7-5-11/h4-7,13-14,29H,8-10H2,1-3H3,(H,24,30)/t13-,14-/m0/s1. The van der Waals surface area contributed by atoms with Gasteiger partial charge in [-0.1, -0.05) is 12.1 Å². The number of likely N-dealkylation sites (N-methyl/N-ethyl adjacent to an activating group) is 1. The van der Waals surface area contributed by atoms with Crippen LogP contribution in [0.1, 0.15) is 34.3 Å². The maximum atomic E-state index is 14.4. The van der Waals surface area contributed by atoms with E-state index in [1.165, 1.54) is 26.2 Å². The van der Waals surface area contributed by atoms with Crippen molar-refractivity contribution >= 4 is 27.7 Å². The second kappa shape index (κ2) is 10.0. The molecule has 1 aromatic carbocycles. The van der Waals surface area contributed by atoms with E-state index in [2.05, 4.69) is 10.3 Å². The van der Waals surface area contributed by atoms with Crippen molar-refractivity contribution in [1.82, 2.24) is 24.1 Å². The molecule has 36 heavy (non-hydrogen) atoms. The van der Waals surface area contributed by atoms with Crippen LogP contribution in [0.15, 0.2) is 29.1 Å². The predicted octanol–water partition coefficient (Wildman–Crippen LogP) is -0.475. The van der Waals surface area contributed by atoms with E-state index >= 15 is 0 Å². The topological polar surface area (TPSA) is 159 Å². The molecule has 15 heteroatoms. The molecule has 1 fully saturated rings. The van der Waals surface area contributed by atoms with E-state index in [0.717, 1.165) is 21.9 Å². The maximum absolute atomic E-state index is 14.4. The average Bonchev–Trinajstić information content (AvgIpc) is 3.19. The Kier molecular flexibility index (Phi) is 7.43. The molecule has 3 amide bonds. The molecule has 0 bridgehead atoms. The van der Waals surface area contributed by atoms with Gasteiger partial charge in [0.15, 0.2) is 11.5 Å². The lowest BCUT2D eigenvalue weighted by atomic mass is 10.1. The highest BCUT2D eigenvalue weighted by Gasteiger charge is 2.43.